The van der Waals surface area contributed by atoms with E-state index in [1.54, 1.807) is 12.0 Å². The van der Waals surface area contributed by atoms with Crippen molar-refractivity contribution in [1.82, 2.24) is 10.2 Å². The Morgan fingerprint density at radius 2 is 2.12 bits per heavy atom. The van der Waals surface area contributed by atoms with Crippen LogP contribution in [0.3, 0.4) is 0 Å². The molecule has 0 aliphatic carbocycles. The van der Waals surface area contributed by atoms with E-state index in [-0.39, 0.29) is 18.2 Å². The molecule has 1 saturated heterocycles. The fourth-order valence-corrected chi connectivity index (χ4v) is 3.45. The van der Waals surface area contributed by atoms with Crippen LogP contribution >= 0.6 is 11.3 Å². The third kappa shape index (κ3) is 4.02. The highest BCUT2D eigenvalue weighted by atomic mass is 32.1. The van der Waals surface area contributed by atoms with Gasteiger partial charge < -0.3 is 15.0 Å². The molecule has 8 heteroatoms. The van der Waals surface area contributed by atoms with Gasteiger partial charge in [0.15, 0.2) is 0 Å². The van der Waals surface area contributed by atoms with E-state index in [2.05, 4.69) is 22.4 Å². The topological polar surface area (TPSA) is 84.4 Å². The summed E-state index contributed by atoms with van der Waals surface area (Å²) in [6.45, 7) is 2.82. The summed E-state index contributed by atoms with van der Waals surface area (Å²) in [6, 6.07) is 7.88. The molecule has 3 rings (SSSR count). The number of aromatic nitrogens is 2. The Hall–Kier alpha value is -2.32. The lowest BCUT2D eigenvalue weighted by atomic mass is 10.1. The van der Waals surface area contributed by atoms with Gasteiger partial charge in [0, 0.05) is 25.8 Å². The summed E-state index contributed by atoms with van der Waals surface area (Å²) < 4.78 is 4.98. The Bertz CT molecular complexity index is 760. The normalized spacial score (nSPS) is 17.1. The third-order valence-corrected chi connectivity index (χ3v) is 4.93. The van der Waals surface area contributed by atoms with Gasteiger partial charge in [0.2, 0.25) is 16.9 Å². The molecule has 1 N–H and O–H groups in total. The number of hydrogen-bond acceptors (Lipinski definition) is 6. The first-order valence-corrected chi connectivity index (χ1v) is 8.93. The van der Waals surface area contributed by atoms with E-state index in [0.717, 1.165) is 12.1 Å². The van der Waals surface area contributed by atoms with E-state index in [0.29, 0.717) is 23.3 Å². The minimum atomic E-state index is -0.395. The second-order valence-corrected chi connectivity index (χ2v) is 6.91. The van der Waals surface area contributed by atoms with Crippen molar-refractivity contribution in [2.75, 3.05) is 23.9 Å². The number of nitrogens with one attached hydrogen (secondary N) is 1. The van der Waals surface area contributed by atoms with Crippen LogP contribution in [0.4, 0.5) is 10.8 Å². The third-order valence-electron chi connectivity index (χ3n) is 4.12. The fraction of sp³-hybridized carbons (Fsp3) is 0.412. The highest BCUT2D eigenvalue weighted by Crippen LogP contribution is 2.27. The zero-order chi connectivity index (χ0) is 17.8. The standard InChI is InChI=1S/C17H20N4O3S/c1-3-11-4-6-13(7-5-11)21-9-12(8-15(21)22)16(23)18-17-20-19-14(25-17)10-24-2/h4-7,12H,3,8-10H2,1-2H3,(H,18,20,23)/t12-/m1/s1. The van der Waals surface area contributed by atoms with Crippen LogP contribution in [0.5, 0.6) is 0 Å². The molecule has 2 aromatic rings. The lowest BCUT2D eigenvalue weighted by Gasteiger charge is -2.16. The fourth-order valence-electron chi connectivity index (χ4n) is 2.74. The Morgan fingerprint density at radius 3 is 2.80 bits per heavy atom. The number of rotatable bonds is 6. The smallest absolute Gasteiger partial charge is 0.231 e. The first-order valence-electron chi connectivity index (χ1n) is 8.12. The van der Waals surface area contributed by atoms with Gasteiger partial charge in [0.25, 0.3) is 0 Å². The number of carbonyl (C=O) groups excluding carboxylic acids is 2. The molecule has 1 aliphatic rings. The second kappa shape index (κ2) is 7.71. The monoisotopic (exact) mass is 360 g/mol. The van der Waals surface area contributed by atoms with E-state index >= 15 is 0 Å². The van der Waals surface area contributed by atoms with E-state index in [4.69, 9.17) is 4.74 Å². The molecule has 0 saturated carbocycles. The molecule has 1 aliphatic heterocycles. The molecule has 0 radical (unpaired) electrons. The summed E-state index contributed by atoms with van der Waals surface area (Å²) >= 11 is 1.27. The van der Waals surface area contributed by atoms with Gasteiger partial charge in [-0.15, -0.1) is 10.2 Å². The lowest BCUT2D eigenvalue weighted by molar-refractivity contribution is -0.122. The summed E-state index contributed by atoms with van der Waals surface area (Å²) in [6.07, 6.45) is 1.15. The number of amides is 2. The van der Waals surface area contributed by atoms with Crippen LogP contribution in [-0.4, -0.2) is 35.7 Å². The Balaban J connectivity index is 1.63. The van der Waals surface area contributed by atoms with Crippen molar-refractivity contribution in [3.8, 4) is 0 Å². The van der Waals surface area contributed by atoms with Crippen LogP contribution in [0.2, 0.25) is 0 Å². The molecule has 0 bridgehead atoms. The number of hydrogen-bond donors (Lipinski definition) is 1. The van der Waals surface area contributed by atoms with Crippen LogP contribution in [0.1, 0.15) is 23.9 Å². The molecule has 1 fully saturated rings. The SMILES string of the molecule is CCc1ccc(N2C[C@H](C(=O)Nc3nnc(COC)s3)CC2=O)cc1. The van der Waals surface area contributed by atoms with Gasteiger partial charge in [0.05, 0.1) is 5.92 Å². The molecule has 1 atom stereocenters. The number of ether oxygens (including phenoxy) is 1. The average molecular weight is 360 g/mol. The number of aryl methyl sites for hydroxylation is 1. The van der Waals surface area contributed by atoms with E-state index < -0.39 is 5.92 Å². The van der Waals surface area contributed by atoms with E-state index in [1.807, 2.05) is 24.3 Å². The van der Waals surface area contributed by atoms with Gasteiger partial charge in [-0.1, -0.05) is 30.4 Å². The quantitative estimate of drug-likeness (QED) is 0.854. The predicted molar refractivity (Wildman–Crippen MR) is 95.5 cm³/mol. The van der Waals surface area contributed by atoms with Crippen LogP contribution in [-0.2, 0) is 27.4 Å². The maximum Gasteiger partial charge on any atom is 0.231 e. The summed E-state index contributed by atoms with van der Waals surface area (Å²) in [5, 5.41) is 11.7. The molecule has 0 unspecified atom stereocenters. The van der Waals surface area contributed by atoms with Crippen molar-refractivity contribution in [2.45, 2.75) is 26.4 Å². The first kappa shape index (κ1) is 17.5. The summed E-state index contributed by atoms with van der Waals surface area (Å²) in [5.74, 6) is -0.643. The molecule has 2 amide bonds. The van der Waals surface area contributed by atoms with Crippen molar-refractivity contribution < 1.29 is 14.3 Å². The van der Waals surface area contributed by atoms with Gasteiger partial charge in [0.1, 0.15) is 11.6 Å². The zero-order valence-corrected chi connectivity index (χ0v) is 15.0. The maximum atomic E-state index is 12.4. The lowest BCUT2D eigenvalue weighted by Crippen LogP contribution is -2.28. The molecule has 7 nitrogen and oxygen atoms in total. The van der Waals surface area contributed by atoms with Crippen molar-refractivity contribution in [1.29, 1.82) is 0 Å². The molecule has 2 heterocycles. The molecule has 1 aromatic carbocycles. The summed E-state index contributed by atoms with van der Waals surface area (Å²) in [5.41, 5.74) is 2.05. The summed E-state index contributed by atoms with van der Waals surface area (Å²) in [7, 11) is 1.57. The molecule has 132 valence electrons. The van der Waals surface area contributed by atoms with Crippen molar-refractivity contribution in [3.63, 3.8) is 0 Å². The highest BCUT2D eigenvalue weighted by molar-refractivity contribution is 7.15. The number of carbonyl (C=O) groups is 2. The minimum absolute atomic E-state index is 0.0401. The highest BCUT2D eigenvalue weighted by Gasteiger charge is 2.35. The Labute approximate surface area is 150 Å². The van der Waals surface area contributed by atoms with E-state index in [1.165, 1.54) is 16.9 Å². The molecular weight excluding hydrogens is 340 g/mol. The molecule has 1 aromatic heterocycles. The van der Waals surface area contributed by atoms with Gasteiger partial charge >= 0.3 is 0 Å². The molecule has 25 heavy (non-hydrogen) atoms. The first-order chi connectivity index (χ1) is 12.1. The second-order valence-electron chi connectivity index (χ2n) is 5.85. The van der Waals surface area contributed by atoms with Crippen molar-refractivity contribution in [2.24, 2.45) is 5.92 Å². The van der Waals surface area contributed by atoms with Crippen LogP contribution in [0.15, 0.2) is 24.3 Å². The van der Waals surface area contributed by atoms with Crippen molar-refractivity contribution in [3.05, 3.63) is 34.8 Å². The summed E-state index contributed by atoms with van der Waals surface area (Å²) in [4.78, 5) is 26.4. The van der Waals surface area contributed by atoms with Crippen LogP contribution in [0, 0.1) is 5.92 Å². The van der Waals surface area contributed by atoms with Gasteiger partial charge in [-0.3, -0.25) is 9.59 Å². The largest absolute Gasteiger partial charge is 0.377 e. The van der Waals surface area contributed by atoms with Gasteiger partial charge in [-0.2, -0.15) is 0 Å². The van der Waals surface area contributed by atoms with Crippen LogP contribution < -0.4 is 10.2 Å². The molecule has 0 spiro atoms. The minimum Gasteiger partial charge on any atom is -0.377 e. The van der Waals surface area contributed by atoms with Crippen molar-refractivity contribution >= 4 is 34.0 Å². The Morgan fingerprint density at radius 1 is 1.36 bits per heavy atom. The number of methoxy groups -OCH3 is 1. The number of anilines is 2. The average Bonchev–Trinajstić information content (AvgIpc) is 3.22. The maximum absolute atomic E-state index is 12.4. The Kier molecular flexibility index (Phi) is 5.40. The number of benzene rings is 1. The van der Waals surface area contributed by atoms with Crippen LogP contribution in [0.25, 0.3) is 0 Å². The number of nitrogens with zero attached hydrogens (tertiary/aromatic N) is 3. The van der Waals surface area contributed by atoms with Gasteiger partial charge in [-0.25, -0.2) is 0 Å². The zero-order valence-electron chi connectivity index (χ0n) is 14.2. The van der Waals surface area contributed by atoms with Gasteiger partial charge in [-0.05, 0) is 24.1 Å². The van der Waals surface area contributed by atoms with E-state index in [9.17, 15) is 9.59 Å². The predicted octanol–water partition coefficient (Wildman–Crippen LogP) is 2.24. The molecular formula is C17H20N4O3S.